The van der Waals surface area contributed by atoms with Gasteiger partial charge in [0.25, 0.3) is 0 Å². The molecule has 1 heterocycles. The van der Waals surface area contributed by atoms with E-state index in [2.05, 4.69) is 4.98 Å². The highest BCUT2D eigenvalue weighted by Gasteiger charge is 2.05. The van der Waals surface area contributed by atoms with Crippen LogP contribution in [-0.2, 0) is 0 Å². The van der Waals surface area contributed by atoms with E-state index in [1.165, 1.54) is 6.07 Å². The highest BCUT2D eigenvalue weighted by atomic mass is 19.1. The van der Waals surface area contributed by atoms with Gasteiger partial charge in [0.1, 0.15) is 5.82 Å². The van der Waals surface area contributed by atoms with E-state index in [0.29, 0.717) is 0 Å². The molecule has 2 aromatic rings. The number of benzene rings is 1. The Kier molecular flexibility index (Phi) is 1.99. The first-order valence-corrected chi connectivity index (χ1v) is 4.62. The van der Waals surface area contributed by atoms with Gasteiger partial charge >= 0.3 is 0 Å². The lowest BCUT2D eigenvalue weighted by atomic mass is 10.1. The number of hydrogen-bond donors (Lipinski definition) is 0. The molecule has 0 aliphatic heterocycles. The van der Waals surface area contributed by atoms with Crippen molar-refractivity contribution in [2.45, 2.75) is 20.8 Å². The van der Waals surface area contributed by atoms with Gasteiger partial charge in [0.15, 0.2) is 0 Å². The molecule has 1 nitrogen and oxygen atoms in total. The van der Waals surface area contributed by atoms with Crippen molar-refractivity contribution in [2.75, 3.05) is 0 Å². The first-order chi connectivity index (χ1) is 6.58. The average Bonchev–Trinajstić information content (AvgIpc) is 2.07. The Bertz CT molecular complexity index is 456. The highest BCUT2D eigenvalue weighted by Crippen LogP contribution is 2.22. The van der Waals surface area contributed by atoms with Crippen LogP contribution in [0.5, 0.6) is 0 Å². The van der Waals surface area contributed by atoms with E-state index in [4.69, 9.17) is 0 Å². The maximum absolute atomic E-state index is 13.2. The lowest BCUT2D eigenvalue weighted by Crippen LogP contribution is -1.91. The second kappa shape index (κ2) is 3.05. The van der Waals surface area contributed by atoms with Crippen molar-refractivity contribution in [1.82, 2.24) is 4.98 Å². The summed E-state index contributed by atoms with van der Waals surface area (Å²) in [6, 6.07) is 5.04. The fraction of sp³-hybridized carbons (Fsp3) is 0.250. The summed E-state index contributed by atoms with van der Waals surface area (Å²) in [6.07, 6.45) is 0. The molecule has 1 aromatic heterocycles. The number of aryl methyl sites for hydroxylation is 3. The van der Waals surface area contributed by atoms with Crippen LogP contribution in [0.15, 0.2) is 18.2 Å². The number of fused-ring (bicyclic) bond motifs is 1. The van der Waals surface area contributed by atoms with Crippen molar-refractivity contribution >= 4 is 10.9 Å². The molecule has 72 valence electrons. The summed E-state index contributed by atoms with van der Waals surface area (Å²) in [7, 11) is 0. The third kappa shape index (κ3) is 1.37. The minimum Gasteiger partial charge on any atom is -0.253 e. The van der Waals surface area contributed by atoms with Crippen LogP contribution >= 0.6 is 0 Å². The van der Waals surface area contributed by atoms with Crippen LogP contribution in [-0.4, -0.2) is 4.98 Å². The summed E-state index contributed by atoms with van der Waals surface area (Å²) in [5, 5.41) is 0.910. The fourth-order valence-electron chi connectivity index (χ4n) is 1.78. The fourth-order valence-corrected chi connectivity index (χ4v) is 1.78. The van der Waals surface area contributed by atoms with Gasteiger partial charge in [-0.1, -0.05) is 0 Å². The first kappa shape index (κ1) is 9.13. The van der Waals surface area contributed by atoms with Gasteiger partial charge in [-0.3, -0.25) is 4.98 Å². The largest absolute Gasteiger partial charge is 0.253 e. The molecule has 0 saturated heterocycles. The maximum Gasteiger partial charge on any atom is 0.124 e. The molecule has 14 heavy (non-hydrogen) atoms. The Hall–Kier alpha value is -1.44. The van der Waals surface area contributed by atoms with Crippen molar-refractivity contribution in [3.05, 3.63) is 40.8 Å². The van der Waals surface area contributed by atoms with Crippen LogP contribution in [0.2, 0.25) is 0 Å². The summed E-state index contributed by atoms with van der Waals surface area (Å²) in [6.45, 7) is 5.82. The van der Waals surface area contributed by atoms with E-state index in [1.54, 1.807) is 6.07 Å². The zero-order valence-electron chi connectivity index (χ0n) is 8.56. The lowest BCUT2D eigenvalue weighted by molar-refractivity contribution is 0.628. The molecule has 0 unspecified atom stereocenters. The number of nitrogens with zero attached hydrogens (tertiary/aromatic N) is 1. The lowest BCUT2D eigenvalue weighted by Gasteiger charge is -2.06. The SMILES string of the molecule is Cc1cc(C)c2cc(F)cc(C)c2n1. The van der Waals surface area contributed by atoms with Crippen molar-refractivity contribution < 1.29 is 4.39 Å². The summed E-state index contributed by atoms with van der Waals surface area (Å²) in [4.78, 5) is 4.41. The van der Waals surface area contributed by atoms with Gasteiger partial charge in [0.05, 0.1) is 5.52 Å². The molecule has 0 saturated carbocycles. The molecule has 0 aliphatic carbocycles. The number of aromatic nitrogens is 1. The van der Waals surface area contributed by atoms with E-state index >= 15 is 0 Å². The Morgan fingerprint density at radius 1 is 1.00 bits per heavy atom. The van der Waals surface area contributed by atoms with Crippen molar-refractivity contribution in [1.29, 1.82) is 0 Å². The topological polar surface area (TPSA) is 12.9 Å². The minimum atomic E-state index is -0.191. The number of hydrogen-bond acceptors (Lipinski definition) is 1. The normalized spacial score (nSPS) is 10.9. The molecule has 0 bridgehead atoms. The summed E-state index contributed by atoms with van der Waals surface area (Å²) in [5.74, 6) is -0.191. The van der Waals surface area contributed by atoms with Crippen molar-refractivity contribution in [3.63, 3.8) is 0 Å². The number of pyridine rings is 1. The van der Waals surface area contributed by atoms with Crippen molar-refractivity contribution in [3.8, 4) is 0 Å². The third-order valence-corrected chi connectivity index (χ3v) is 2.40. The molecule has 1 aromatic carbocycles. The van der Waals surface area contributed by atoms with Crippen LogP contribution in [0.1, 0.15) is 16.8 Å². The average molecular weight is 189 g/mol. The molecule has 0 spiro atoms. The van der Waals surface area contributed by atoms with Crippen LogP contribution in [0.3, 0.4) is 0 Å². The second-order valence-electron chi connectivity index (χ2n) is 3.70. The molecule has 0 aliphatic rings. The quantitative estimate of drug-likeness (QED) is 0.619. The van der Waals surface area contributed by atoms with Crippen LogP contribution in [0, 0.1) is 26.6 Å². The molecule has 0 radical (unpaired) electrons. The molecular weight excluding hydrogens is 177 g/mol. The third-order valence-electron chi connectivity index (χ3n) is 2.40. The standard InChI is InChI=1S/C12H12FN/c1-7-4-9(3)14-12-8(2)5-10(13)6-11(7)12/h4-6H,1-3H3. The molecule has 0 amide bonds. The van der Waals surface area contributed by atoms with E-state index in [1.807, 2.05) is 26.8 Å². The van der Waals surface area contributed by atoms with Crippen molar-refractivity contribution in [2.24, 2.45) is 0 Å². The zero-order valence-corrected chi connectivity index (χ0v) is 8.56. The summed E-state index contributed by atoms with van der Waals surface area (Å²) < 4.78 is 13.2. The Labute approximate surface area is 82.6 Å². The van der Waals surface area contributed by atoms with E-state index in [9.17, 15) is 4.39 Å². The monoisotopic (exact) mass is 189 g/mol. The number of rotatable bonds is 0. The van der Waals surface area contributed by atoms with Gasteiger partial charge in [-0.25, -0.2) is 4.39 Å². The highest BCUT2D eigenvalue weighted by molar-refractivity contribution is 5.85. The zero-order chi connectivity index (χ0) is 10.3. The molecule has 0 fully saturated rings. The predicted molar refractivity (Wildman–Crippen MR) is 55.9 cm³/mol. The van der Waals surface area contributed by atoms with Gasteiger partial charge in [-0.2, -0.15) is 0 Å². The predicted octanol–water partition coefficient (Wildman–Crippen LogP) is 3.30. The van der Waals surface area contributed by atoms with Gasteiger partial charge < -0.3 is 0 Å². The van der Waals surface area contributed by atoms with Gasteiger partial charge in [-0.05, 0) is 50.1 Å². The second-order valence-corrected chi connectivity index (χ2v) is 3.70. The molecule has 2 rings (SSSR count). The van der Waals surface area contributed by atoms with Crippen LogP contribution in [0.25, 0.3) is 10.9 Å². The van der Waals surface area contributed by atoms with E-state index in [0.717, 1.165) is 27.7 Å². The van der Waals surface area contributed by atoms with Crippen LogP contribution in [0.4, 0.5) is 4.39 Å². The maximum atomic E-state index is 13.2. The van der Waals surface area contributed by atoms with Gasteiger partial charge in [-0.15, -0.1) is 0 Å². The van der Waals surface area contributed by atoms with E-state index < -0.39 is 0 Å². The molecule has 2 heteroatoms. The molecule has 0 N–H and O–H groups in total. The Morgan fingerprint density at radius 2 is 1.71 bits per heavy atom. The Balaban J connectivity index is 2.94. The molecular formula is C12H12FN. The minimum absolute atomic E-state index is 0.191. The first-order valence-electron chi connectivity index (χ1n) is 4.62. The Morgan fingerprint density at radius 3 is 2.43 bits per heavy atom. The van der Waals surface area contributed by atoms with Gasteiger partial charge in [0, 0.05) is 11.1 Å². The number of halogens is 1. The molecule has 0 atom stereocenters. The smallest absolute Gasteiger partial charge is 0.124 e. The van der Waals surface area contributed by atoms with Gasteiger partial charge in [0.2, 0.25) is 0 Å². The van der Waals surface area contributed by atoms with Crippen LogP contribution < -0.4 is 0 Å². The summed E-state index contributed by atoms with van der Waals surface area (Å²) >= 11 is 0. The summed E-state index contributed by atoms with van der Waals surface area (Å²) in [5.41, 5.74) is 3.86. The van der Waals surface area contributed by atoms with E-state index in [-0.39, 0.29) is 5.82 Å².